The highest BCUT2D eigenvalue weighted by Crippen LogP contribution is 2.36. The summed E-state index contributed by atoms with van der Waals surface area (Å²) in [5.41, 5.74) is 2.72. The zero-order valence-corrected chi connectivity index (χ0v) is 17.4. The Labute approximate surface area is 169 Å². The van der Waals surface area contributed by atoms with Crippen molar-refractivity contribution in [1.82, 2.24) is 0 Å². The summed E-state index contributed by atoms with van der Waals surface area (Å²) < 4.78 is 36.2. The van der Waals surface area contributed by atoms with Gasteiger partial charge in [0, 0.05) is 5.69 Å². The maximum atomic E-state index is 12.8. The zero-order valence-electron chi connectivity index (χ0n) is 16.6. The first-order valence-corrected chi connectivity index (χ1v) is 10.7. The van der Waals surface area contributed by atoms with Gasteiger partial charge in [-0.05, 0) is 49.2 Å². The highest BCUT2D eigenvalue weighted by atomic mass is 32.2. The Morgan fingerprint density at radius 2 is 1.90 bits per heavy atom. The number of carbonyl (C=O) groups is 2. The number of aryl methyl sites for hydroxylation is 2. The summed E-state index contributed by atoms with van der Waals surface area (Å²) in [6, 6.07) is 9.92. The van der Waals surface area contributed by atoms with Crippen molar-refractivity contribution >= 4 is 33.3 Å². The van der Waals surface area contributed by atoms with Gasteiger partial charge in [0.1, 0.15) is 5.75 Å². The number of esters is 1. The molecule has 0 aliphatic carbocycles. The minimum atomic E-state index is -3.61. The van der Waals surface area contributed by atoms with Crippen LogP contribution in [0.4, 0.5) is 11.4 Å². The van der Waals surface area contributed by atoms with Crippen LogP contribution in [0.5, 0.6) is 5.75 Å². The average Bonchev–Trinajstić information content (AvgIpc) is 2.67. The number of methoxy groups -OCH3 is 1. The van der Waals surface area contributed by atoms with E-state index in [0.717, 1.165) is 17.4 Å². The average molecular weight is 418 g/mol. The Balaban J connectivity index is 1.89. The van der Waals surface area contributed by atoms with Crippen molar-refractivity contribution in [3.63, 3.8) is 0 Å². The Morgan fingerprint density at radius 1 is 1.17 bits per heavy atom. The largest absolute Gasteiger partial charge is 0.476 e. The van der Waals surface area contributed by atoms with Gasteiger partial charge in [-0.2, -0.15) is 0 Å². The minimum Gasteiger partial charge on any atom is -0.476 e. The molecule has 1 aliphatic heterocycles. The van der Waals surface area contributed by atoms with Gasteiger partial charge in [-0.25, -0.2) is 13.2 Å². The van der Waals surface area contributed by atoms with Gasteiger partial charge in [-0.1, -0.05) is 12.1 Å². The molecule has 0 unspecified atom stereocenters. The van der Waals surface area contributed by atoms with Crippen LogP contribution in [-0.2, 0) is 19.6 Å². The number of ether oxygens (including phenoxy) is 2. The fourth-order valence-electron chi connectivity index (χ4n) is 3.03. The summed E-state index contributed by atoms with van der Waals surface area (Å²) >= 11 is 0. The molecule has 0 radical (unpaired) electrons. The van der Waals surface area contributed by atoms with Gasteiger partial charge in [0.05, 0.1) is 31.2 Å². The quantitative estimate of drug-likeness (QED) is 0.764. The normalized spacial score (nSPS) is 15.9. The van der Waals surface area contributed by atoms with E-state index in [1.54, 1.807) is 37.3 Å². The Bertz CT molecular complexity index is 1080. The van der Waals surface area contributed by atoms with Gasteiger partial charge in [0.2, 0.25) is 10.0 Å². The van der Waals surface area contributed by atoms with E-state index in [-0.39, 0.29) is 12.1 Å². The molecule has 0 spiro atoms. The SMILES string of the molecule is COC(=O)c1ccc(C)c(NC(=O)[C@H]2CN(S(C)(=O)=O)c3cc(C)ccc3O2)c1. The van der Waals surface area contributed by atoms with Crippen LogP contribution in [-0.4, -0.2) is 46.3 Å². The summed E-state index contributed by atoms with van der Waals surface area (Å²) in [5.74, 6) is -0.732. The lowest BCUT2D eigenvalue weighted by Gasteiger charge is -2.34. The standard InChI is InChI=1S/C20H22N2O6S/c1-12-5-8-17-16(9-12)22(29(4,25)26)11-18(28-17)19(23)21-15-10-14(20(24)27-3)7-6-13(15)2/h5-10,18H,11H2,1-4H3,(H,21,23)/t18-/m1/s1. The van der Waals surface area contributed by atoms with E-state index in [9.17, 15) is 18.0 Å². The molecule has 0 aromatic heterocycles. The summed E-state index contributed by atoms with van der Waals surface area (Å²) in [5, 5.41) is 2.72. The summed E-state index contributed by atoms with van der Waals surface area (Å²) in [6.07, 6.45) is 0.0322. The van der Waals surface area contributed by atoms with Gasteiger partial charge in [0.25, 0.3) is 5.91 Å². The number of sulfonamides is 1. The molecule has 0 fully saturated rings. The molecule has 0 saturated carbocycles. The third kappa shape index (κ3) is 4.34. The second-order valence-corrected chi connectivity index (χ2v) is 8.79. The smallest absolute Gasteiger partial charge is 0.337 e. The van der Waals surface area contributed by atoms with E-state index in [0.29, 0.717) is 17.1 Å². The van der Waals surface area contributed by atoms with Crippen LogP contribution in [0.25, 0.3) is 0 Å². The molecular formula is C20H22N2O6S. The van der Waals surface area contributed by atoms with Crippen LogP contribution in [0.15, 0.2) is 36.4 Å². The van der Waals surface area contributed by atoms with Crippen molar-refractivity contribution in [3.05, 3.63) is 53.1 Å². The number of amides is 1. The number of hydrogen-bond donors (Lipinski definition) is 1. The summed E-state index contributed by atoms with van der Waals surface area (Å²) in [4.78, 5) is 24.6. The molecule has 0 bridgehead atoms. The second-order valence-electron chi connectivity index (χ2n) is 6.88. The Hall–Kier alpha value is -3.07. The number of anilines is 2. The van der Waals surface area contributed by atoms with E-state index in [1.165, 1.54) is 17.5 Å². The van der Waals surface area contributed by atoms with E-state index in [4.69, 9.17) is 9.47 Å². The van der Waals surface area contributed by atoms with Gasteiger partial charge in [-0.15, -0.1) is 0 Å². The molecule has 3 rings (SSSR count). The highest BCUT2D eigenvalue weighted by molar-refractivity contribution is 7.92. The third-order valence-corrected chi connectivity index (χ3v) is 5.74. The van der Waals surface area contributed by atoms with E-state index >= 15 is 0 Å². The molecule has 0 saturated heterocycles. The lowest BCUT2D eigenvalue weighted by atomic mass is 10.1. The second kappa shape index (κ2) is 7.75. The first-order chi connectivity index (χ1) is 13.6. The molecule has 2 aromatic rings. The van der Waals surface area contributed by atoms with Crippen molar-refractivity contribution in [3.8, 4) is 5.75 Å². The minimum absolute atomic E-state index is 0.156. The van der Waals surface area contributed by atoms with Crippen molar-refractivity contribution in [1.29, 1.82) is 0 Å². The number of nitrogens with one attached hydrogen (secondary N) is 1. The molecule has 9 heteroatoms. The predicted octanol–water partition coefficient (Wildman–Crippen LogP) is 2.26. The van der Waals surface area contributed by atoms with E-state index in [1.807, 2.05) is 6.92 Å². The van der Waals surface area contributed by atoms with Crippen molar-refractivity contribution in [2.45, 2.75) is 20.0 Å². The zero-order chi connectivity index (χ0) is 21.3. The van der Waals surface area contributed by atoms with Crippen LogP contribution in [0.1, 0.15) is 21.5 Å². The first kappa shape index (κ1) is 20.7. The number of rotatable bonds is 4. The molecule has 8 nitrogen and oxygen atoms in total. The van der Waals surface area contributed by atoms with Crippen LogP contribution in [0.3, 0.4) is 0 Å². The van der Waals surface area contributed by atoms with Crippen molar-refractivity contribution in [2.75, 3.05) is 29.5 Å². The topological polar surface area (TPSA) is 102 Å². The van der Waals surface area contributed by atoms with E-state index in [2.05, 4.69) is 5.32 Å². The molecule has 1 atom stereocenters. The lowest BCUT2D eigenvalue weighted by molar-refractivity contribution is -0.122. The third-order valence-electron chi connectivity index (χ3n) is 4.59. The lowest BCUT2D eigenvalue weighted by Crippen LogP contribution is -2.48. The fraction of sp³-hybridized carbons (Fsp3) is 0.300. The van der Waals surface area contributed by atoms with Crippen molar-refractivity contribution in [2.24, 2.45) is 0 Å². The molecule has 1 amide bonds. The maximum absolute atomic E-state index is 12.8. The molecule has 1 N–H and O–H groups in total. The van der Waals surface area contributed by atoms with Gasteiger partial charge >= 0.3 is 5.97 Å². The number of hydrogen-bond acceptors (Lipinski definition) is 6. The monoisotopic (exact) mass is 418 g/mol. The number of carbonyl (C=O) groups excluding carboxylic acids is 2. The van der Waals surface area contributed by atoms with Crippen LogP contribution >= 0.6 is 0 Å². The summed E-state index contributed by atoms with van der Waals surface area (Å²) in [7, 11) is -2.34. The molecular weight excluding hydrogens is 396 g/mol. The van der Waals surface area contributed by atoms with Gasteiger partial charge in [0.15, 0.2) is 6.10 Å². The molecule has 1 aliphatic rings. The fourth-order valence-corrected chi connectivity index (χ4v) is 3.93. The highest BCUT2D eigenvalue weighted by Gasteiger charge is 2.35. The molecule has 2 aromatic carbocycles. The first-order valence-electron chi connectivity index (χ1n) is 8.85. The number of benzene rings is 2. The van der Waals surface area contributed by atoms with Crippen LogP contribution < -0.4 is 14.4 Å². The maximum Gasteiger partial charge on any atom is 0.337 e. The Kier molecular flexibility index (Phi) is 5.52. The summed E-state index contributed by atoms with van der Waals surface area (Å²) in [6.45, 7) is 3.47. The van der Waals surface area contributed by atoms with Crippen molar-refractivity contribution < 1.29 is 27.5 Å². The molecule has 1 heterocycles. The number of nitrogens with zero attached hydrogens (tertiary/aromatic N) is 1. The van der Waals surface area contributed by atoms with Gasteiger partial charge < -0.3 is 14.8 Å². The molecule has 154 valence electrons. The van der Waals surface area contributed by atoms with Crippen LogP contribution in [0, 0.1) is 13.8 Å². The molecule has 29 heavy (non-hydrogen) atoms. The predicted molar refractivity (Wildman–Crippen MR) is 109 cm³/mol. The van der Waals surface area contributed by atoms with E-state index < -0.39 is 28.0 Å². The number of fused-ring (bicyclic) bond motifs is 1. The van der Waals surface area contributed by atoms with Gasteiger partial charge in [-0.3, -0.25) is 9.10 Å². The van der Waals surface area contributed by atoms with Crippen LogP contribution in [0.2, 0.25) is 0 Å². The Morgan fingerprint density at radius 3 is 2.55 bits per heavy atom.